The first-order chi connectivity index (χ1) is 16.7. The van der Waals surface area contributed by atoms with Crippen molar-refractivity contribution in [2.45, 2.75) is 19.3 Å². The van der Waals surface area contributed by atoms with Gasteiger partial charge in [0, 0.05) is 28.3 Å². The van der Waals surface area contributed by atoms with Gasteiger partial charge in [0.1, 0.15) is 6.54 Å². The first-order valence-corrected chi connectivity index (χ1v) is 11.8. The van der Waals surface area contributed by atoms with Crippen molar-refractivity contribution >= 4 is 52.4 Å². The van der Waals surface area contributed by atoms with Crippen molar-refractivity contribution < 1.29 is 24.1 Å². The molecule has 2 aromatic carbocycles. The fraction of sp³-hybridized carbons (Fsp3) is 0.333. The molecule has 180 valence electrons. The van der Waals surface area contributed by atoms with E-state index in [9.17, 15) is 29.3 Å². The molecule has 3 aliphatic rings. The molecule has 2 aliphatic carbocycles. The molecule has 0 radical (unpaired) electrons. The number of benzene rings is 2. The zero-order valence-electron chi connectivity index (χ0n) is 18.2. The molecule has 4 atom stereocenters. The highest BCUT2D eigenvalue weighted by atomic mass is 35.5. The third kappa shape index (κ3) is 3.88. The first kappa shape index (κ1) is 23.4. The van der Waals surface area contributed by atoms with Gasteiger partial charge in [-0.3, -0.25) is 29.3 Å². The number of nitrogens with zero attached hydrogens (tertiary/aromatic N) is 3. The maximum Gasteiger partial charge on any atom is 0.273 e. The largest absolute Gasteiger partial charge is 0.292 e. The Bertz CT molecular complexity index is 1270. The van der Waals surface area contributed by atoms with Gasteiger partial charge in [0.05, 0.1) is 21.8 Å². The summed E-state index contributed by atoms with van der Waals surface area (Å²) in [6.45, 7) is -0.658. The minimum absolute atomic E-state index is 0.0548. The Morgan fingerprint density at radius 2 is 1.69 bits per heavy atom. The van der Waals surface area contributed by atoms with Crippen LogP contribution >= 0.6 is 23.2 Å². The fourth-order valence-corrected chi connectivity index (χ4v) is 6.22. The molecule has 9 nitrogen and oxygen atoms in total. The maximum absolute atomic E-state index is 13.6. The third-order valence-corrected chi connectivity index (χ3v) is 7.76. The van der Waals surface area contributed by atoms with Crippen molar-refractivity contribution in [3.05, 3.63) is 73.8 Å². The molecule has 1 heterocycles. The molecule has 0 unspecified atom stereocenters. The molecule has 3 fully saturated rings. The van der Waals surface area contributed by atoms with Crippen LogP contribution in [0.5, 0.6) is 0 Å². The summed E-state index contributed by atoms with van der Waals surface area (Å²) in [5.74, 6) is -3.41. The lowest BCUT2D eigenvalue weighted by Gasteiger charge is -2.30. The van der Waals surface area contributed by atoms with E-state index in [2.05, 4.69) is 0 Å². The van der Waals surface area contributed by atoms with Crippen molar-refractivity contribution in [2.24, 2.45) is 23.7 Å². The van der Waals surface area contributed by atoms with Gasteiger partial charge in [0.25, 0.3) is 23.4 Å². The standard InChI is InChI=1S/C24H19Cl2N3O6/c25-15-6-7-17(18(26)10-15)19(30)11-27(22(31)14-2-1-3-16(9-14)29(34)35)28-23(32)20-12-4-5-13(8-12)21(20)24(28)33/h1-3,6-7,9-10,12-13,20-21H,4-5,8,11H2/t12-,13-,20-,21-/m0/s1. The number of carbonyl (C=O) groups excluding carboxylic acids is 4. The number of carbonyl (C=O) groups is 4. The van der Waals surface area contributed by atoms with Crippen LogP contribution in [0.3, 0.4) is 0 Å². The molecule has 5 rings (SSSR count). The minimum atomic E-state index is -0.874. The number of amides is 3. The Labute approximate surface area is 209 Å². The van der Waals surface area contributed by atoms with Gasteiger partial charge in [0.2, 0.25) is 0 Å². The van der Waals surface area contributed by atoms with E-state index in [0.29, 0.717) is 5.02 Å². The Morgan fingerprint density at radius 3 is 2.29 bits per heavy atom. The van der Waals surface area contributed by atoms with Gasteiger partial charge in [-0.2, -0.15) is 5.01 Å². The van der Waals surface area contributed by atoms with Crippen LogP contribution in [-0.2, 0) is 9.59 Å². The lowest BCUT2D eigenvalue weighted by atomic mass is 9.81. The molecule has 3 amide bonds. The first-order valence-electron chi connectivity index (χ1n) is 11.1. The van der Waals surface area contributed by atoms with Crippen molar-refractivity contribution in [3.8, 4) is 0 Å². The van der Waals surface area contributed by atoms with Gasteiger partial charge in [-0.1, -0.05) is 29.3 Å². The molecule has 0 spiro atoms. The minimum Gasteiger partial charge on any atom is -0.292 e. The summed E-state index contributed by atoms with van der Waals surface area (Å²) < 4.78 is 0. The van der Waals surface area contributed by atoms with E-state index in [-0.39, 0.29) is 33.7 Å². The quantitative estimate of drug-likeness (QED) is 0.246. The number of halogens is 2. The summed E-state index contributed by atoms with van der Waals surface area (Å²) in [4.78, 5) is 64.1. The van der Waals surface area contributed by atoms with Crippen LogP contribution in [0.4, 0.5) is 5.69 Å². The lowest BCUT2D eigenvalue weighted by molar-refractivity contribution is -0.384. The summed E-state index contributed by atoms with van der Waals surface area (Å²) in [6.07, 6.45) is 2.49. The Kier molecular flexibility index (Phi) is 5.85. The molecule has 2 aromatic rings. The summed E-state index contributed by atoms with van der Waals surface area (Å²) in [5.41, 5.74) is -0.404. The predicted octanol–water partition coefficient (Wildman–Crippen LogP) is 4.17. The van der Waals surface area contributed by atoms with Crippen LogP contribution < -0.4 is 0 Å². The van der Waals surface area contributed by atoms with Crippen LogP contribution in [0.1, 0.15) is 40.0 Å². The summed E-state index contributed by atoms with van der Waals surface area (Å²) in [5, 5.41) is 13.2. The number of rotatable bonds is 6. The number of non-ortho nitro benzene ring substituents is 1. The second-order valence-electron chi connectivity index (χ2n) is 9.09. The van der Waals surface area contributed by atoms with Crippen LogP contribution in [0, 0.1) is 33.8 Å². The zero-order chi connectivity index (χ0) is 25.0. The van der Waals surface area contributed by atoms with Crippen LogP contribution in [0.25, 0.3) is 0 Å². The third-order valence-electron chi connectivity index (χ3n) is 7.21. The molecule has 35 heavy (non-hydrogen) atoms. The van der Waals surface area contributed by atoms with Gasteiger partial charge >= 0.3 is 0 Å². The zero-order valence-corrected chi connectivity index (χ0v) is 19.7. The van der Waals surface area contributed by atoms with Gasteiger partial charge in [0.15, 0.2) is 5.78 Å². The van der Waals surface area contributed by atoms with E-state index in [4.69, 9.17) is 23.2 Å². The predicted molar refractivity (Wildman–Crippen MR) is 125 cm³/mol. The Balaban J connectivity index is 1.53. The molecule has 2 bridgehead atoms. The number of nitro benzene ring substituents is 1. The van der Waals surface area contributed by atoms with Crippen LogP contribution in [0.15, 0.2) is 42.5 Å². The van der Waals surface area contributed by atoms with Gasteiger partial charge in [-0.15, -0.1) is 0 Å². The fourth-order valence-electron chi connectivity index (χ4n) is 5.70. The summed E-state index contributed by atoms with van der Waals surface area (Å²) >= 11 is 12.1. The normalized spacial score (nSPS) is 24.6. The monoisotopic (exact) mass is 515 g/mol. The SMILES string of the molecule is O=C(CN(C(=O)c1cccc([N+](=O)[O-])c1)N1C(=O)[C@H]2[C@H]3CC[C@@H](C3)[C@@H]2C1=O)c1ccc(Cl)cc1Cl. The molecule has 11 heteroatoms. The van der Waals surface area contributed by atoms with Crippen molar-refractivity contribution in [1.29, 1.82) is 0 Å². The van der Waals surface area contributed by atoms with Crippen LogP contribution in [0.2, 0.25) is 10.0 Å². The number of nitro groups is 1. The number of fused-ring (bicyclic) bond motifs is 5. The second kappa shape index (κ2) is 8.73. The number of Topliss-reactive ketones (excluding diaryl/α,β-unsaturated/α-hetero) is 1. The van der Waals surface area contributed by atoms with Gasteiger partial charge in [-0.25, -0.2) is 5.01 Å². The molecule has 2 saturated carbocycles. The second-order valence-corrected chi connectivity index (χ2v) is 9.93. The number of hydrogen-bond donors (Lipinski definition) is 0. The van der Waals surface area contributed by atoms with E-state index in [1.165, 1.54) is 36.4 Å². The van der Waals surface area contributed by atoms with Crippen molar-refractivity contribution in [1.82, 2.24) is 10.0 Å². The highest BCUT2D eigenvalue weighted by molar-refractivity contribution is 6.37. The van der Waals surface area contributed by atoms with Crippen molar-refractivity contribution in [3.63, 3.8) is 0 Å². The highest BCUT2D eigenvalue weighted by Gasteiger charge is 2.62. The van der Waals surface area contributed by atoms with E-state index in [1.54, 1.807) is 0 Å². The van der Waals surface area contributed by atoms with E-state index in [0.717, 1.165) is 35.3 Å². The van der Waals surface area contributed by atoms with E-state index < -0.39 is 46.8 Å². The Morgan fingerprint density at radius 1 is 1.03 bits per heavy atom. The molecular weight excluding hydrogens is 497 g/mol. The smallest absolute Gasteiger partial charge is 0.273 e. The number of ketones is 1. The maximum atomic E-state index is 13.6. The van der Waals surface area contributed by atoms with Crippen molar-refractivity contribution in [2.75, 3.05) is 6.54 Å². The summed E-state index contributed by atoms with van der Waals surface area (Å²) in [7, 11) is 0. The van der Waals surface area contributed by atoms with Gasteiger partial charge in [-0.05, 0) is 55.4 Å². The Hall–Kier alpha value is -3.30. The average molecular weight is 516 g/mol. The highest BCUT2D eigenvalue weighted by Crippen LogP contribution is 2.56. The lowest BCUT2D eigenvalue weighted by Crippen LogP contribution is -2.52. The molecule has 0 aromatic heterocycles. The number of hydrazine groups is 1. The number of hydrogen-bond acceptors (Lipinski definition) is 6. The van der Waals surface area contributed by atoms with Gasteiger partial charge < -0.3 is 0 Å². The van der Waals surface area contributed by atoms with Crippen LogP contribution in [-0.4, -0.2) is 45.0 Å². The molecular formula is C24H19Cl2N3O6. The van der Waals surface area contributed by atoms with E-state index >= 15 is 0 Å². The average Bonchev–Trinajstić information content (AvgIpc) is 3.51. The summed E-state index contributed by atoms with van der Waals surface area (Å²) in [6, 6.07) is 9.14. The topological polar surface area (TPSA) is 118 Å². The molecule has 1 saturated heterocycles. The molecule has 1 aliphatic heterocycles. The molecule has 0 N–H and O–H groups in total. The number of imide groups is 1. The van der Waals surface area contributed by atoms with E-state index in [1.807, 2.05) is 0 Å².